The number of rotatable bonds is 4. The lowest BCUT2D eigenvalue weighted by molar-refractivity contribution is -0.153. The summed E-state index contributed by atoms with van der Waals surface area (Å²) in [6.07, 6.45) is 2.03. The Morgan fingerprint density at radius 2 is 2.00 bits per heavy atom. The molecule has 12 heteroatoms. The molecule has 2 N–H and O–H groups in total. The molecule has 3 aliphatic rings. The van der Waals surface area contributed by atoms with Gasteiger partial charge in [-0.2, -0.15) is 0 Å². The van der Waals surface area contributed by atoms with Gasteiger partial charge in [0.1, 0.15) is 29.7 Å². The molecule has 4 rings (SSSR count). The van der Waals surface area contributed by atoms with E-state index in [9.17, 15) is 19.5 Å². The van der Waals surface area contributed by atoms with Gasteiger partial charge in [0.15, 0.2) is 5.72 Å². The van der Waals surface area contributed by atoms with Crippen LogP contribution in [0.4, 0.5) is 10.5 Å². The number of carbonyl (C=O) groups excluding carboxylic acids is 3. The van der Waals surface area contributed by atoms with Crippen molar-refractivity contribution < 1.29 is 43.2 Å². The molecular weight excluding hydrogens is 624 g/mol. The summed E-state index contributed by atoms with van der Waals surface area (Å²) >= 11 is 3.59. The predicted octanol–water partition coefficient (Wildman–Crippen LogP) is 4.19. The van der Waals surface area contributed by atoms with E-state index in [1.807, 2.05) is 32.1 Å². The zero-order chi connectivity index (χ0) is 31.7. The molecule has 2 amide bonds. The lowest BCUT2D eigenvalue weighted by atomic mass is 9.83. The second-order valence-electron chi connectivity index (χ2n) is 11.6. The Morgan fingerprint density at radius 3 is 2.65 bits per heavy atom. The lowest BCUT2D eigenvalue weighted by Crippen LogP contribution is -2.63. The Hall–Kier alpha value is -2.93. The second-order valence-corrected chi connectivity index (χ2v) is 12.4. The van der Waals surface area contributed by atoms with Crippen molar-refractivity contribution in [3.63, 3.8) is 0 Å². The molecule has 11 nitrogen and oxygen atoms in total. The van der Waals surface area contributed by atoms with Crippen molar-refractivity contribution in [2.75, 3.05) is 26.2 Å². The number of ether oxygens (including phenoxy) is 5. The first-order valence-corrected chi connectivity index (χ1v) is 15.1. The third-order valence-electron chi connectivity index (χ3n) is 8.51. The predicted molar refractivity (Wildman–Crippen MR) is 162 cm³/mol. The average molecular weight is 666 g/mol. The maximum atomic E-state index is 13.7. The van der Waals surface area contributed by atoms with Gasteiger partial charge in [-0.25, -0.2) is 4.79 Å². The summed E-state index contributed by atoms with van der Waals surface area (Å²) in [7, 11) is 4.67. The summed E-state index contributed by atoms with van der Waals surface area (Å²) in [5, 5.41) is 14.1. The van der Waals surface area contributed by atoms with Crippen molar-refractivity contribution >= 4 is 39.6 Å². The van der Waals surface area contributed by atoms with Crippen molar-refractivity contribution in [3.8, 4) is 5.75 Å². The van der Waals surface area contributed by atoms with Gasteiger partial charge >= 0.3 is 12.1 Å². The molecule has 43 heavy (non-hydrogen) atoms. The average Bonchev–Trinajstić information content (AvgIpc) is 3.66. The highest BCUT2D eigenvalue weighted by Gasteiger charge is 2.64. The van der Waals surface area contributed by atoms with E-state index in [1.165, 1.54) is 12.0 Å². The number of hydrogen-bond donors (Lipinski definition) is 2. The van der Waals surface area contributed by atoms with Crippen molar-refractivity contribution in [3.05, 3.63) is 46.0 Å². The molecule has 0 aromatic heterocycles. The number of amides is 2. The zero-order valence-corrected chi connectivity index (χ0v) is 27.2. The second kappa shape index (κ2) is 13.0. The van der Waals surface area contributed by atoms with Crippen LogP contribution >= 0.6 is 15.9 Å². The third-order valence-corrected chi connectivity index (χ3v) is 9.31. The number of nitrogens with one attached hydrogen (secondary N) is 1. The van der Waals surface area contributed by atoms with Crippen LogP contribution in [0, 0.1) is 5.92 Å². The van der Waals surface area contributed by atoms with Crippen LogP contribution < -0.4 is 15.0 Å². The fourth-order valence-electron chi connectivity index (χ4n) is 5.85. The number of fused-ring (bicyclic) bond motifs is 5. The van der Waals surface area contributed by atoms with Gasteiger partial charge in [-0.15, -0.1) is 0 Å². The molecule has 3 aliphatic heterocycles. The summed E-state index contributed by atoms with van der Waals surface area (Å²) in [6, 6.07) is 3.80. The van der Waals surface area contributed by atoms with Crippen LogP contribution in [0.1, 0.15) is 52.5 Å². The number of anilines is 1. The summed E-state index contributed by atoms with van der Waals surface area (Å²) in [6.45, 7) is 7.26. The number of halogens is 1. The third kappa shape index (κ3) is 6.92. The van der Waals surface area contributed by atoms with Crippen LogP contribution in [0.15, 0.2) is 40.4 Å². The maximum Gasteiger partial charge on any atom is 0.409 e. The van der Waals surface area contributed by atoms with Crippen LogP contribution in [-0.4, -0.2) is 80.1 Å². The van der Waals surface area contributed by atoms with Crippen molar-refractivity contribution in [2.45, 2.75) is 89.1 Å². The molecule has 2 fully saturated rings. The summed E-state index contributed by atoms with van der Waals surface area (Å²) in [4.78, 5) is 40.4. The SMILES string of the molecule is CCC(=O)OC1CC(=O)N(C)c2cc(cc(OC)c2Br)C/C(C)=C\C=C[C@@H](OC)[C@@]2(O)C[C@H](OC(=O)N2)[C@@H](C)[C@@H]2O[C@@]12C. The van der Waals surface area contributed by atoms with Gasteiger partial charge in [0, 0.05) is 32.9 Å². The van der Waals surface area contributed by atoms with E-state index in [4.69, 9.17) is 23.7 Å². The quantitative estimate of drug-likeness (QED) is 0.359. The molecule has 236 valence electrons. The smallest absolute Gasteiger partial charge is 0.409 e. The topological polar surface area (TPSA) is 136 Å². The highest BCUT2D eigenvalue weighted by Crippen LogP contribution is 2.49. The Kier molecular flexibility index (Phi) is 9.95. The van der Waals surface area contributed by atoms with Gasteiger partial charge in [-0.3, -0.25) is 14.9 Å². The molecule has 0 spiro atoms. The van der Waals surface area contributed by atoms with E-state index >= 15 is 0 Å². The summed E-state index contributed by atoms with van der Waals surface area (Å²) in [5.74, 6) is -0.618. The van der Waals surface area contributed by atoms with Crippen LogP contribution in [0.25, 0.3) is 0 Å². The van der Waals surface area contributed by atoms with Crippen molar-refractivity contribution in [2.24, 2.45) is 5.92 Å². The Balaban J connectivity index is 1.79. The highest BCUT2D eigenvalue weighted by atomic mass is 79.9. The van der Waals surface area contributed by atoms with Gasteiger partial charge in [0.2, 0.25) is 5.91 Å². The molecule has 1 aromatic rings. The molecule has 1 aromatic carbocycles. The number of methoxy groups -OCH3 is 2. The van der Waals surface area contributed by atoms with E-state index < -0.39 is 53.7 Å². The Morgan fingerprint density at radius 1 is 1.28 bits per heavy atom. The molecule has 7 atom stereocenters. The monoisotopic (exact) mass is 664 g/mol. The van der Waals surface area contributed by atoms with E-state index in [1.54, 1.807) is 40.2 Å². The Bertz CT molecular complexity index is 1320. The van der Waals surface area contributed by atoms with Gasteiger partial charge in [-0.1, -0.05) is 37.6 Å². The number of benzene rings is 1. The maximum absolute atomic E-state index is 13.7. The largest absolute Gasteiger partial charge is 0.495 e. The molecule has 2 saturated heterocycles. The zero-order valence-electron chi connectivity index (χ0n) is 25.6. The summed E-state index contributed by atoms with van der Waals surface area (Å²) < 4.78 is 29.4. The van der Waals surface area contributed by atoms with E-state index in [0.717, 1.165) is 11.1 Å². The number of hydrogen-bond acceptors (Lipinski definition) is 9. The van der Waals surface area contributed by atoms with Gasteiger partial charge in [0.25, 0.3) is 0 Å². The molecule has 4 bridgehead atoms. The molecular formula is C31H41BrN2O9. The van der Waals surface area contributed by atoms with Crippen LogP contribution in [0.3, 0.4) is 0 Å². The minimum absolute atomic E-state index is 0.0160. The standard InChI is InChI=1S/C31H41BrN2O9/c1-8-26(36)42-24-15-25(35)34(5)20-13-19(14-21(39-6)27(20)32)12-17(2)10-9-11-23(40-7)31(38)16-22(41-29(37)33-31)18(3)28-30(24,4)43-28/h9-11,13-14,18,22-24,28,38H,8,12,15-16H2,1-7H3,(H,33,37)/b11-9?,17-10-/t18-,22+,23-,24?,28+,30+,31+/m1/s1. The molecule has 0 radical (unpaired) electrons. The first kappa shape index (κ1) is 33.0. The van der Waals surface area contributed by atoms with E-state index in [2.05, 4.69) is 21.2 Å². The molecule has 0 aliphatic carbocycles. The fourth-order valence-corrected chi connectivity index (χ4v) is 6.50. The number of carbonyl (C=O) groups is 3. The molecule has 1 unspecified atom stereocenters. The van der Waals surface area contributed by atoms with Crippen LogP contribution in [-0.2, 0) is 35.0 Å². The van der Waals surface area contributed by atoms with Crippen LogP contribution in [0.2, 0.25) is 0 Å². The van der Waals surface area contributed by atoms with Crippen LogP contribution in [0.5, 0.6) is 5.75 Å². The normalized spacial score (nSPS) is 34.3. The molecule has 3 heterocycles. The number of alkyl carbamates (subject to hydrolysis) is 1. The highest BCUT2D eigenvalue weighted by molar-refractivity contribution is 9.10. The van der Waals surface area contributed by atoms with E-state index in [-0.39, 0.29) is 25.2 Å². The van der Waals surface area contributed by atoms with E-state index in [0.29, 0.717) is 22.3 Å². The Labute approximate surface area is 260 Å². The number of allylic oxidation sites excluding steroid dienone is 3. The number of nitrogens with zero attached hydrogens (tertiary/aromatic N) is 1. The first-order valence-electron chi connectivity index (χ1n) is 14.3. The van der Waals surface area contributed by atoms with Gasteiger partial charge in [0.05, 0.1) is 29.8 Å². The first-order chi connectivity index (χ1) is 20.3. The minimum atomic E-state index is -1.75. The number of epoxide rings is 1. The van der Waals surface area contributed by atoms with Gasteiger partial charge in [-0.05, 0) is 53.9 Å². The van der Waals surface area contributed by atoms with Gasteiger partial charge < -0.3 is 33.7 Å². The fraction of sp³-hybridized carbons (Fsp3) is 0.581. The lowest BCUT2D eigenvalue weighted by Gasteiger charge is -2.42. The van der Waals surface area contributed by atoms with Crippen molar-refractivity contribution in [1.29, 1.82) is 0 Å². The molecule has 0 saturated carbocycles. The minimum Gasteiger partial charge on any atom is -0.495 e. The van der Waals surface area contributed by atoms with Crippen molar-refractivity contribution in [1.82, 2.24) is 5.32 Å². The number of esters is 1. The number of aliphatic hydroxyl groups is 1. The summed E-state index contributed by atoms with van der Waals surface area (Å²) in [5.41, 5.74) is -0.300.